The average molecular weight is 353 g/mol. The van der Waals surface area contributed by atoms with Crippen molar-refractivity contribution in [1.82, 2.24) is 0 Å². The van der Waals surface area contributed by atoms with E-state index in [9.17, 15) is 4.79 Å². The summed E-state index contributed by atoms with van der Waals surface area (Å²) >= 11 is 0. The van der Waals surface area contributed by atoms with Gasteiger partial charge in [0.15, 0.2) is 5.60 Å². The van der Waals surface area contributed by atoms with Crippen LogP contribution in [0.25, 0.3) is 0 Å². The predicted molar refractivity (Wildman–Crippen MR) is 104 cm³/mol. The Morgan fingerprint density at radius 2 is 1.69 bits per heavy atom. The van der Waals surface area contributed by atoms with Gasteiger partial charge in [-0.1, -0.05) is 23.8 Å². The number of benzene rings is 2. The quantitative estimate of drug-likeness (QED) is 0.709. The van der Waals surface area contributed by atoms with Crippen LogP contribution in [0, 0.1) is 13.8 Å². The van der Waals surface area contributed by atoms with Crippen LogP contribution >= 0.6 is 0 Å². The Balaban J connectivity index is 1.59. The number of unbranched alkanes of at least 4 members (excludes halogenated alkanes) is 1. The predicted octanol–water partition coefficient (Wildman–Crippen LogP) is 4.67. The molecule has 138 valence electrons. The van der Waals surface area contributed by atoms with Crippen molar-refractivity contribution in [2.45, 2.75) is 46.1 Å². The molecular formula is C22H27NO3. The molecule has 0 unspecified atom stereocenters. The van der Waals surface area contributed by atoms with Crippen molar-refractivity contribution in [3.63, 3.8) is 0 Å². The summed E-state index contributed by atoms with van der Waals surface area (Å²) in [5, 5.41) is 0. The van der Waals surface area contributed by atoms with Gasteiger partial charge >= 0.3 is 0 Å². The maximum absolute atomic E-state index is 12.8. The molecule has 2 aromatic carbocycles. The second kappa shape index (κ2) is 7.40. The molecule has 0 saturated carbocycles. The second-order valence-electron chi connectivity index (χ2n) is 7.41. The van der Waals surface area contributed by atoms with E-state index in [0.717, 1.165) is 35.6 Å². The molecule has 1 aliphatic heterocycles. The lowest BCUT2D eigenvalue weighted by Gasteiger charge is -2.39. The average Bonchev–Trinajstić information content (AvgIpc) is 2.60. The first-order valence-electron chi connectivity index (χ1n) is 9.18. The number of carbonyl (C=O) groups excluding carboxylic acids is 1. The summed E-state index contributed by atoms with van der Waals surface area (Å²) in [5.74, 6) is 1.67. The number of rotatable bonds is 6. The molecule has 0 bridgehead atoms. The number of fused-ring (bicyclic) bond motifs is 1. The molecule has 0 aliphatic carbocycles. The molecule has 1 heterocycles. The maximum atomic E-state index is 12.8. The van der Waals surface area contributed by atoms with Crippen molar-refractivity contribution in [2.24, 2.45) is 0 Å². The fourth-order valence-electron chi connectivity index (χ4n) is 3.10. The molecule has 0 saturated heterocycles. The van der Waals surface area contributed by atoms with Crippen LogP contribution < -0.4 is 14.4 Å². The van der Waals surface area contributed by atoms with Gasteiger partial charge in [0.25, 0.3) is 5.91 Å². The van der Waals surface area contributed by atoms with Gasteiger partial charge in [0.2, 0.25) is 0 Å². The van der Waals surface area contributed by atoms with E-state index in [1.165, 1.54) is 5.56 Å². The van der Waals surface area contributed by atoms with Crippen molar-refractivity contribution in [1.29, 1.82) is 0 Å². The first-order valence-corrected chi connectivity index (χ1v) is 9.18. The number of hydrogen-bond acceptors (Lipinski definition) is 3. The SMILES string of the molecule is Cc1ccc(OCCCCN2C(=O)C(C)(C)Oc3ccc(C)cc32)cc1. The Morgan fingerprint density at radius 1 is 1.00 bits per heavy atom. The molecule has 26 heavy (non-hydrogen) atoms. The Morgan fingerprint density at radius 3 is 2.42 bits per heavy atom. The summed E-state index contributed by atoms with van der Waals surface area (Å²) in [5.41, 5.74) is 2.38. The van der Waals surface area contributed by atoms with Gasteiger partial charge in [-0.15, -0.1) is 0 Å². The molecule has 0 radical (unpaired) electrons. The van der Waals surface area contributed by atoms with E-state index in [-0.39, 0.29) is 5.91 Å². The van der Waals surface area contributed by atoms with Crippen LogP contribution in [0.3, 0.4) is 0 Å². The largest absolute Gasteiger partial charge is 0.494 e. The molecule has 0 N–H and O–H groups in total. The minimum absolute atomic E-state index is 0.00931. The van der Waals surface area contributed by atoms with E-state index in [4.69, 9.17) is 9.47 Å². The van der Waals surface area contributed by atoms with Crippen molar-refractivity contribution < 1.29 is 14.3 Å². The molecule has 1 aliphatic rings. The molecule has 4 nitrogen and oxygen atoms in total. The highest BCUT2D eigenvalue weighted by Crippen LogP contribution is 2.38. The Bertz CT molecular complexity index is 780. The molecule has 2 aromatic rings. The van der Waals surface area contributed by atoms with Crippen molar-refractivity contribution in [2.75, 3.05) is 18.1 Å². The van der Waals surface area contributed by atoms with Crippen molar-refractivity contribution in [3.05, 3.63) is 53.6 Å². The molecule has 0 aromatic heterocycles. The standard InChI is InChI=1S/C22H27NO3/c1-16-7-10-18(11-8-16)25-14-6-5-13-23-19-15-17(2)9-12-20(19)26-22(3,4)21(23)24/h7-12,15H,5-6,13-14H2,1-4H3. The lowest BCUT2D eigenvalue weighted by molar-refractivity contribution is -0.132. The van der Waals surface area contributed by atoms with Crippen LogP contribution in [0.2, 0.25) is 0 Å². The zero-order valence-corrected chi connectivity index (χ0v) is 16.0. The fraction of sp³-hybridized carbons (Fsp3) is 0.409. The Labute approximate surface area is 155 Å². The number of hydrogen-bond donors (Lipinski definition) is 0. The smallest absolute Gasteiger partial charge is 0.270 e. The van der Waals surface area contributed by atoms with E-state index in [2.05, 4.69) is 6.92 Å². The third-order valence-corrected chi connectivity index (χ3v) is 4.60. The summed E-state index contributed by atoms with van der Waals surface area (Å²) in [6.07, 6.45) is 1.77. The van der Waals surface area contributed by atoms with Crippen LogP contribution in [0.1, 0.15) is 37.8 Å². The van der Waals surface area contributed by atoms with Crippen LogP contribution in [0.4, 0.5) is 5.69 Å². The van der Waals surface area contributed by atoms with Gasteiger partial charge in [0, 0.05) is 6.54 Å². The van der Waals surface area contributed by atoms with E-state index in [1.54, 1.807) is 0 Å². The van der Waals surface area contributed by atoms with Gasteiger partial charge in [-0.3, -0.25) is 4.79 Å². The van der Waals surface area contributed by atoms with Gasteiger partial charge < -0.3 is 14.4 Å². The number of amides is 1. The molecule has 0 fully saturated rings. The van der Waals surface area contributed by atoms with Crippen LogP contribution in [-0.4, -0.2) is 24.7 Å². The van der Waals surface area contributed by atoms with Gasteiger partial charge in [-0.2, -0.15) is 0 Å². The highest BCUT2D eigenvalue weighted by molar-refractivity contribution is 6.02. The number of nitrogens with zero attached hydrogens (tertiary/aromatic N) is 1. The molecule has 3 rings (SSSR count). The summed E-state index contributed by atoms with van der Waals surface area (Å²) in [4.78, 5) is 14.7. The normalized spacial score (nSPS) is 15.4. The lowest BCUT2D eigenvalue weighted by Crippen LogP contribution is -2.52. The van der Waals surface area contributed by atoms with E-state index in [1.807, 2.05) is 68.1 Å². The molecule has 0 atom stereocenters. The summed E-state index contributed by atoms with van der Waals surface area (Å²) < 4.78 is 11.7. The second-order valence-corrected chi connectivity index (χ2v) is 7.41. The Kier molecular flexibility index (Phi) is 5.21. The van der Waals surface area contributed by atoms with Crippen LogP contribution in [-0.2, 0) is 4.79 Å². The molecule has 4 heteroatoms. The van der Waals surface area contributed by atoms with Gasteiger partial charge in [0.05, 0.1) is 12.3 Å². The molecule has 0 spiro atoms. The first kappa shape index (κ1) is 18.3. The molecular weight excluding hydrogens is 326 g/mol. The van der Waals surface area contributed by atoms with Crippen molar-refractivity contribution in [3.8, 4) is 11.5 Å². The Hall–Kier alpha value is -2.49. The third kappa shape index (κ3) is 4.01. The minimum atomic E-state index is -0.833. The van der Waals surface area contributed by atoms with Gasteiger partial charge in [-0.25, -0.2) is 0 Å². The maximum Gasteiger partial charge on any atom is 0.270 e. The third-order valence-electron chi connectivity index (χ3n) is 4.60. The topological polar surface area (TPSA) is 38.8 Å². The lowest BCUT2D eigenvalue weighted by atomic mass is 10.0. The highest BCUT2D eigenvalue weighted by atomic mass is 16.5. The van der Waals surface area contributed by atoms with E-state index in [0.29, 0.717) is 13.2 Å². The summed E-state index contributed by atoms with van der Waals surface area (Å²) in [6, 6.07) is 14.0. The minimum Gasteiger partial charge on any atom is -0.494 e. The zero-order valence-electron chi connectivity index (χ0n) is 16.0. The first-order chi connectivity index (χ1) is 12.4. The van der Waals surface area contributed by atoms with Crippen LogP contribution in [0.5, 0.6) is 11.5 Å². The molecule has 1 amide bonds. The number of aryl methyl sites for hydroxylation is 2. The van der Waals surface area contributed by atoms with Gasteiger partial charge in [0.1, 0.15) is 11.5 Å². The zero-order chi connectivity index (χ0) is 18.7. The van der Waals surface area contributed by atoms with Crippen LogP contribution in [0.15, 0.2) is 42.5 Å². The summed E-state index contributed by atoms with van der Waals surface area (Å²) in [7, 11) is 0. The highest BCUT2D eigenvalue weighted by Gasteiger charge is 2.40. The van der Waals surface area contributed by atoms with Crippen molar-refractivity contribution >= 4 is 11.6 Å². The number of anilines is 1. The van der Waals surface area contributed by atoms with Gasteiger partial charge in [-0.05, 0) is 70.4 Å². The van der Waals surface area contributed by atoms with E-state index < -0.39 is 5.60 Å². The summed E-state index contributed by atoms with van der Waals surface area (Å²) in [6.45, 7) is 9.05. The van der Waals surface area contributed by atoms with E-state index >= 15 is 0 Å². The number of ether oxygens (including phenoxy) is 2. The monoisotopic (exact) mass is 353 g/mol. The number of carbonyl (C=O) groups is 1. The fourth-order valence-corrected chi connectivity index (χ4v) is 3.10.